The second-order valence-corrected chi connectivity index (χ2v) is 2.32. The molecule has 0 aromatic carbocycles. The van der Waals surface area contributed by atoms with E-state index in [1.165, 1.54) is 13.2 Å². The molecule has 0 aliphatic heterocycles. The zero-order chi connectivity index (χ0) is 9.94. The Bertz CT molecular complexity index is 199. The van der Waals surface area contributed by atoms with Crippen molar-refractivity contribution in [3.8, 4) is 0 Å². The number of hydrogen-bond acceptors (Lipinski definition) is 4. The minimum atomic E-state index is -0.401. The van der Waals surface area contributed by atoms with Crippen molar-refractivity contribution in [3.05, 3.63) is 0 Å². The van der Waals surface area contributed by atoms with Crippen molar-refractivity contribution in [2.75, 3.05) is 13.2 Å². The van der Waals surface area contributed by atoms with Crippen LogP contribution in [0.15, 0.2) is 9.77 Å². The zero-order valence-corrected chi connectivity index (χ0v) is 8.26. The van der Waals surface area contributed by atoms with Gasteiger partial charge in [0.25, 0.3) is 0 Å². The summed E-state index contributed by atoms with van der Waals surface area (Å²) in [6, 6.07) is -0.401. The third-order valence-corrected chi connectivity index (χ3v) is 1.19. The van der Waals surface area contributed by atoms with Gasteiger partial charge in [-0.3, -0.25) is 0 Å². The number of amides is 2. The van der Waals surface area contributed by atoms with Crippen LogP contribution in [0.3, 0.4) is 0 Å². The Kier molecular flexibility index (Phi) is 8.71. The average molecular weight is 202 g/mol. The zero-order valence-electron chi connectivity index (χ0n) is 7.10. The number of aliphatic hydroxyl groups excluding tert-OH is 1. The van der Waals surface area contributed by atoms with Crippen LogP contribution in [0.5, 0.6) is 0 Å². The first kappa shape index (κ1) is 12.2. The Morgan fingerprint density at radius 1 is 1.69 bits per heavy atom. The maximum absolute atomic E-state index is 10.8. The molecule has 0 fully saturated rings. The predicted octanol–water partition coefficient (Wildman–Crippen LogP) is -0.711. The third kappa shape index (κ3) is 9.11. The topological polar surface area (TPSA) is 86.1 Å². The first-order valence-electron chi connectivity index (χ1n) is 3.71. The Morgan fingerprint density at radius 3 is 3.08 bits per heavy atom. The molecular weight excluding hydrogens is 190 g/mol. The molecule has 0 saturated carbocycles. The summed E-state index contributed by atoms with van der Waals surface area (Å²) in [4.78, 5) is 10.8. The van der Waals surface area contributed by atoms with Crippen molar-refractivity contribution in [3.63, 3.8) is 0 Å². The van der Waals surface area contributed by atoms with E-state index in [0.717, 1.165) is 0 Å². The number of carbonyl (C=O) groups is 1. The molecular formula is C5H12BN4O2P. The normalized spacial score (nSPS) is 10.3. The molecule has 0 aliphatic carbocycles. The summed E-state index contributed by atoms with van der Waals surface area (Å²) in [5.74, 6) is 0. The molecule has 0 aromatic rings. The van der Waals surface area contributed by atoms with Gasteiger partial charge in [0.15, 0.2) is 0 Å². The second kappa shape index (κ2) is 9.28. The fraction of sp³-hybridized carbons (Fsp3) is 0.600. The first-order chi connectivity index (χ1) is 6.31. The SMILES string of the molecule is O=C(NCCCO)NN=CB=NP. The van der Waals surface area contributed by atoms with E-state index in [4.69, 9.17) is 5.11 Å². The molecule has 0 saturated heterocycles. The Morgan fingerprint density at radius 2 is 2.46 bits per heavy atom. The summed E-state index contributed by atoms with van der Waals surface area (Å²) >= 11 is 0. The van der Waals surface area contributed by atoms with Crippen molar-refractivity contribution in [2.24, 2.45) is 9.77 Å². The van der Waals surface area contributed by atoms with Gasteiger partial charge in [0, 0.05) is 0 Å². The minimum absolute atomic E-state index is 0.0588. The van der Waals surface area contributed by atoms with Gasteiger partial charge in [0.2, 0.25) is 0 Å². The van der Waals surface area contributed by atoms with E-state index in [9.17, 15) is 4.79 Å². The summed E-state index contributed by atoms with van der Waals surface area (Å²) in [6.45, 7) is 0.485. The standard InChI is InChI=1S/C5H12BN4O2P/c11-3-1-2-7-5(12)9-8-4-6-10-13/h4,11H,1-3,13H2,(H2,7,9,12). The van der Waals surface area contributed by atoms with Gasteiger partial charge in [-0.05, 0) is 0 Å². The molecule has 6 nitrogen and oxygen atoms in total. The number of aliphatic hydroxyl groups is 1. The Hall–Kier alpha value is -0.805. The first-order valence-corrected chi connectivity index (χ1v) is 4.22. The van der Waals surface area contributed by atoms with Crippen LogP contribution in [-0.2, 0) is 0 Å². The van der Waals surface area contributed by atoms with Crippen molar-refractivity contribution >= 4 is 28.6 Å². The van der Waals surface area contributed by atoms with Crippen LogP contribution in [-0.4, -0.2) is 37.5 Å². The summed E-state index contributed by atoms with van der Waals surface area (Å²) < 4.78 is 3.55. The molecule has 2 amide bonds. The fourth-order valence-electron chi connectivity index (χ4n) is 0.488. The van der Waals surface area contributed by atoms with E-state index in [-0.39, 0.29) is 6.61 Å². The van der Waals surface area contributed by atoms with E-state index < -0.39 is 6.03 Å². The number of carbonyl (C=O) groups excluding carboxylic acids is 1. The van der Waals surface area contributed by atoms with Gasteiger partial charge >= 0.3 is 78.6 Å². The fourth-order valence-corrected chi connectivity index (χ4v) is 0.565. The molecule has 3 N–H and O–H groups in total. The van der Waals surface area contributed by atoms with Crippen molar-refractivity contribution in [2.45, 2.75) is 6.42 Å². The van der Waals surface area contributed by atoms with Gasteiger partial charge in [-0.25, -0.2) is 0 Å². The van der Waals surface area contributed by atoms with Crippen molar-refractivity contribution in [1.82, 2.24) is 10.7 Å². The summed E-state index contributed by atoms with van der Waals surface area (Å²) in [5.41, 5.74) is 2.21. The number of rotatable bonds is 5. The van der Waals surface area contributed by atoms with E-state index in [1.807, 2.05) is 0 Å². The number of urea groups is 1. The summed E-state index contributed by atoms with van der Waals surface area (Å²) in [6.07, 6.45) is 1.88. The van der Waals surface area contributed by atoms with E-state index in [1.54, 1.807) is 0 Å². The number of nitrogens with zero attached hydrogens (tertiary/aromatic N) is 2. The van der Waals surface area contributed by atoms with Crippen LogP contribution in [0.2, 0.25) is 0 Å². The van der Waals surface area contributed by atoms with Crippen LogP contribution in [0.25, 0.3) is 0 Å². The van der Waals surface area contributed by atoms with E-state index in [2.05, 4.69) is 29.9 Å². The van der Waals surface area contributed by atoms with Gasteiger partial charge in [0.1, 0.15) is 0 Å². The molecule has 0 radical (unpaired) electrons. The van der Waals surface area contributed by atoms with Gasteiger partial charge in [0.05, 0.1) is 0 Å². The van der Waals surface area contributed by atoms with Crippen LogP contribution in [0, 0.1) is 0 Å². The van der Waals surface area contributed by atoms with Crippen LogP contribution in [0.4, 0.5) is 4.79 Å². The molecule has 8 heteroatoms. The molecule has 0 spiro atoms. The third-order valence-electron chi connectivity index (χ3n) is 1.01. The van der Waals surface area contributed by atoms with Crippen molar-refractivity contribution in [1.29, 1.82) is 0 Å². The van der Waals surface area contributed by atoms with Gasteiger partial charge in [-0.1, -0.05) is 0 Å². The van der Waals surface area contributed by atoms with E-state index >= 15 is 0 Å². The van der Waals surface area contributed by atoms with Crippen LogP contribution >= 0.6 is 9.39 Å². The average Bonchev–Trinajstić information content (AvgIpc) is 2.13. The molecule has 13 heavy (non-hydrogen) atoms. The number of hydrogen-bond donors (Lipinski definition) is 3. The number of nitrogens with one attached hydrogen (secondary N) is 2. The maximum atomic E-state index is 10.8. The number of hydrazone groups is 1. The molecule has 1 atom stereocenters. The Labute approximate surface area is 79.4 Å². The van der Waals surface area contributed by atoms with Crippen LogP contribution < -0.4 is 10.7 Å². The summed E-state index contributed by atoms with van der Waals surface area (Å²) in [7, 11) is 3.55. The second-order valence-electron chi connectivity index (χ2n) is 2.02. The quantitative estimate of drug-likeness (QED) is 0.181. The molecule has 0 aliphatic rings. The van der Waals surface area contributed by atoms with Gasteiger partial charge in [-0.2, -0.15) is 0 Å². The molecule has 0 bridgehead atoms. The molecule has 72 valence electrons. The molecule has 0 aromatic heterocycles. The van der Waals surface area contributed by atoms with Gasteiger partial charge < -0.3 is 0 Å². The Balaban J connectivity index is 3.40. The predicted molar refractivity (Wildman–Crippen MR) is 54.6 cm³/mol. The monoisotopic (exact) mass is 202 g/mol. The van der Waals surface area contributed by atoms with Crippen molar-refractivity contribution < 1.29 is 9.90 Å². The summed E-state index contributed by atoms with van der Waals surface area (Å²) in [5, 5.41) is 14.4. The van der Waals surface area contributed by atoms with Gasteiger partial charge in [-0.15, -0.1) is 0 Å². The molecule has 0 rings (SSSR count). The molecule has 0 heterocycles. The van der Waals surface area contributed by atoms with E-state index in [0.29, 0.717) is 13.0 Å². The molecule has 1 unspecified atom stereocenters. The van der Waals surface area contributed by atoms with Crippen LogP contribution in [0.1, 0.15) is 6.42 Å².